The van der Waals surface area contributed by atoms with Crippen molar-refractivity contribution in [2.75, 3.05) is 0 Å². The second-order valence-corrected chi connectivity index (χ2v) is 5.16. The average molecular weight is 248 g/mol. The summed E-state index contributed by atoms with van der Waals surface area (Å²) in [4.78, 5) is 0. The molecule has 0 heterocycles. The summed E-state index contributed by atoms with van der Waals surface area (Å²) in [5, 5.41) is 10.1. The number of rotatable bonds is 8. The molecule has 102 valence electrons. The van der Waals surface area contributed by atoms with Gasteiger partial charge in [0, 0.05) is 0 Å². The quantitative estimate of drug-likeness (QED) is 0.699. The van der Waals surface area contributed by atoms with Crippen LogP contribution in [0, 0.1) is 0 Å². The van der Waals surface area contributed by atoms with Crippen LogP contribution in [0.25, 0.3) is 0 Å². The molecule has 0 saturated heterocycles. The lowest BCUT2D eigenvalue weighted by molar-refractivity contribution is 0.172. The molecule has 0 aliphatic heterocycles. The Balaban J connectivity index is 2.88. The summed E-state index contributed by atoms with van der Waals surface area (Å²) in [6, 6.07) is 6.66. The van der Waals surface area contributed by atoms with Crippen molar-refractivity contribution in [3.63, 3.8) is 0 Å². The molecule has 0 amide bonds. The minimum Gasteiger partial charge on any atom is -0.388 e. The van der Waals surface area contributed by atoms with Gasteiger partial charge in [-0.2, -0.15) is 0 Å². The second kappa shape index (κ2) is 8.31. The van der Waals surface area contributed by atoms with Crippen molar-refractivity contribution in [1.29, 1.82) is 0 Å². The normalized spacial score (nSPS) is 12.7. The van der Waals surface area contributed by atoms with Crippen molar-refractivity contribution >= 4 is 0 Å². The molecule has 1 atom stereocenters. The van der Waals surface area contributed by atoms with Gasteiger partial charge in [0.05, 0.1) is 6.10 Å². The monoisotopic (exact) mass is 248 g/mol. The summed E-state index contributed by atoms with van der Waals surface area (Å²) >= 11 is 0. The van der Waals surface area contributed by atoms with Crippen molar-refractivity contribution in [3.05, 3.63) is 34.9 Å². The van der Waals surface area contributed by atoms with Crippen LogP contribution in [0.2, 0.25) is 0 Å². The van der Waals surface area contributed by atoms with E-state index in [1.807, 2.05) is 6.92 Å². The van der Waals surface area contributed by atoms with Crippen LogP contribution in [0.3, 0.4) is 0 Å². The smallest absolute Gasteiger partial charge is 0.0790 e. The molecule has 1 rings (SSSR count). The van der Waals surface area contributed by atoms with Crippen LogP contribution in [0.15, 0.2) is 18.2 Å². The highest BCUT2D eigenvalue weighted by molar-refractivity contribution is 5.34. The van der Waals surface area contributed by atoms with Crippen LogP contribution in [0.5, 0.6) is 0 Å². The maximum Gasteiger partial charge on any atom is 0.0790 e. The Morgan fingerprint density at radius 3 is 2.28 bits per heavy atom. The van der Waals surface area contributed by atoms with Gasteiger partial charge in [-0.3, -0.25) is 0 Å². The fourth-order valence-corrected chi connectivity index (χ4v) is 2.32. The summed E-state index contributed by atoms with van der Waals surface area (Å²) in [7, 11) is 0. The minimum absolute atomic E-state index is 0.294. The molecular formula is C17H28O. The third-order valence-corrected chi connectivity index (χ3v) is 3.57. The molecule has 0 aromatic heterocycles. The van der Waals surface area contributed by atoms with Crippen molar-refractivity contribution in [2.24, 2.45) is 0 Å². The maximum atomic E-state index is 10.1. The van der Waals surface area contributed by atoms with Gasteiger partial charge in [-0.05, 0) is 48.8 Å². The SMILES string of the molecule is CCCCc1ccc(C(O)CC)c(CCCC)c1. The molecule has 18 heavy (non-hydrogen) atoms. The first-order chi connectivity index (χ1) is 8.72. The lowest BCUT2D eigenvalue weighted by atomic mass is 9.93. The Bertz CT molecular complexity index is 343. The zero-order valence-corrected chi connectivity index (χ0v) is 12.2. The fourth-order valence-electron chi connectivity index (χ4n) is 2.32. The third-order valence-electron chi connectivity index (χ3n) is 3.57. The summed E-state index contributed by atoms with van der Waals surface area (Å²) in [5.74, 6) is 0. The Labute approximate surface area is 112 Å². The molecule has 1 N–H and O–H groups in total. The van der Waals surface area contributed by atoms with E-state index in [0.717, 1.165) is 24.8 Å². The number of unbranched alkanes of at least 4 members (excludes halogenated alkanes) is 2. The van der Waals surface area contributed by atoms with E-state index in [0.29, 0.717) is 0 Å². The van der Waals surface area contributed by atoms with Crippen molar-refractivity contribution in [2.45, 2.75) is 71.8 Å². The number of hydrogen-bond acceptors (Lipinski definition) is 1. The zero-order chi connectivity index (χ0) is 13.4. The Hall–Kier alpha value is -0.820. The highest BCUT2D eigenvalue weighted by atomic mass is 16.3. The molecule has 0 fully saturated rings. The topological polar surface area (TPSA) is 20.2 Å². The maximum absolute atomic E-state index is 10.1. The van der Waals surface area contributed by atoms with Gasteiger partial charge < -0.3 is 5.11 Å². The molecule has 0 aliphatic rings. The van der Waals surface area contributed by atoms with E-state index in [2.05, 4.69) is 32.0 Å². The van der Waals surface area contributed by atoms with E-state index >= 15 is 0 Å². The van der Waals surface area contributed by atoms with Gasteiger partial charge in [-0.1, -0.05) is 51.8 Å². The molecule has 1 unspecified atom stereocenters. The molecule has 1 nitrogen and oxygen atoms in total. The Morgan fingerprint density at radius 1 is 1.00 bits per heavy atom. The number of aliphatic hydroxyl groups is 1. The van der Waals surface area contributed by atoms with Crippen LogP contribution in [0.4, 0.5) is 0 Å². The van der Waals surface area contributed by atoms with Gasteiger partial charge in [0.15, 0.2) is 0 Å². The van der Waals surface area contributed by atoms with E-state index in [1.165, 1.54) is 36.8 Å². The van der Waals surface area contributed by atoms with E-state index in [9.17, 15) is 5.11 Å². The van der Waals surface area contributed by atoms with Crippen molar-refractivity contribution in [3.8, 4) is 0 Å². The number of hydrogen-bond donors (Lipinski definition) is 1. The highest BCUT2D eigenvalue weighted by Gasteiger charge is 2.10. The highest BCUT2D eigenvalue weighted by Crippen LogP contribution is 2.24. The van der Waals surface area contributed by atoms with E-state index in [1.54, 1.807) is 0 Å². The summed E-state index contributed by atoms with van der Waals surface area (Å²) in [6.45, 7) is 6.49. The molecule has 0 bridgehead atoms. The molecule has 0 aliphatic carbocycles. The molecule has 1 aromatic rings. The van der Waals surface area contributed by atoms with Crippen LogP contribution >= 0.6 is 0 Å². The molecule has 0 saturated carbocycles. The molecule has 1 heteroatoms. The summed E-state index contributed by atoms with van der Waals surface area (Å²) < 4.78 is 0. The van der Waals surface area contributed by atoms with Gasteiger partial charge in [-0.25, -0.2) is 0 Å². The molecule has 0 spiro atoms. The molecular weight excluding hydrogens is 220 g/mol. The van der Waals surface area contributed by atoms with Crippen LogP contribution in [0.1, 0.15) is 75.7 Å². The molecule has 0 radical (unpaired) electrons. The first kappa shape index (κ1) is 15.2. The lowest BCUT2D eigenvalue weighted by Crippen LogP contribution is -2.02. The Kier molecular flexibility index (Phi) is 7.04. The number of aryl methyl sites for hydroxylation is 2. The molecule has 1 aromatic carbocycles. The average Bonchev–Trinajstić information content (AvgIpc) is 2.42. The van der Waals surface area contributed by atoms with E-state index in [4.69, 9.17) is 0 Å². The van der Waals surface area contributed by atoms with Gasteiger partial charge in [-0.15, -0.1) is 0 Å². The zero-order valence-electron chi connectivity index (χ0n) is 12.2. The predicted octanol–water partition coefficient (Wildman–Crippen LogP) is 4.82. The van der Waals surface area contributed by atoms with Crippen LogP contribution in [-0.2, 0) is 12.8 Å². The minimum atomic E-state index is -0.294. The summed E-state index contributed by atoms with van der Waals surface area (Å²) in [6.07, 6.45) is 7.68. The fraction of sp³-hybridized carbons (Fsp3) is 0.647. The van der Waals surface area contributed by atoms with Crippen LogP contribution < -0.4 is 0 Å². The van der Waals surface area contributed by atoms with Gasteiger partial charge in [0.25, 0.3) is 0 Å². The van der Waals surface area contributed by atoms with E-state index in [-0.39, 0.29) is 6.10 Å². The number of aliphatic hydroxyl groups excluding tert-OH is 1. The third kappa shape index (κ3) is 4.45. The van der Waals surface area contributed by atoms with Crippen LogP contribution in [-0.4, -0.2) is 5.11 Å². The first-order valence-electron chi connectivity index (χ1n) is 7.52. The summed E-state index contributed by atoms with van der Waals surface area (Å²) in [5.41, 5.74) is 3.93. The predicted molar refractivity (Wildman–Crippen MR) is 78.9 cm³/mol. The van der Waals surface area contributed by atoms with Crippen molar-refractivity contribution < 1.29 is 5.11 Å². The standard InChI is InChI=1S/C17H28O/c1-4-7-9-14-11-12-16(17(18)6-3)15(13-14)10-8-5-2/h11-13,17-18H,4-10H2,1-3H3. The largest absolute Gasteiger partial charge is 0.388 e. The lowest BCUT2D eigenvalue weighted by Gasteiger charge is -2.15. The Morgan fingerprint density at radius 2 is 1.67 bits per heavy atom. The first-order valence-corrected chi connectivity index (χ1v) is 7.52. The second-order valence-electron chi connectivity index (χ2n) is 5.16. The van der Waals surface area contributed by atoms with E-state index < -0.39 is 0 Å². The van der Waals surface area contributed by atoms with Gasteiger partial charge in [0.2, 0.25) is 0 Å². The van der Waals surface area contributed by atoms with Crippen molar-refractivity contribution in [1.82, 2.24) is 0 Å². The van der Waals surface area contributed by atoms with Gasteiger partial charge >= 0.3 is 0 Å². The number of benzene rings is 1. The van der Waals surface area contributed by atoms with Gasteiger partial charge in [0.1, 0.15) is 0 Å².